The van der Waals surface area contributed by atoms with Crippen LogP contribution in [0.25, 0.3) is 5.65 Å². The number of carbonyl (C=O) groups is 3. The van der Waals surface area contributed by atoms with E-state index in [1.807, 2.05) is 60.0 Å². The van der Waals surface area contributed by atoms with Crippen molar-refractivity contribution in [2.45, 2.75) is 112 Å². The molecule has 23 nitrogen and oxygen atoms in total. The monoisotopic (exact) mass is 817 g/mol. The molecule has 1 aliphatic heterocycles. The summed E-state index contributed by atoms with van der Waals surface area (Å²) in [5.74, 6) is 0.428. The summed E-state index contributed by atoms with van der Waals surface area (Å²) in [6, 6.07) is 2.72. The molecule has 0 saturated carbocycles. The Morgan fingerprint density at radius 2 is 1.42 bits per heavy atom. The van der Waals surface area contributed by atoms with Gasteiger partial charge in [0, 0.05) is 48.9 Å². The van der Waals surface area contributed by atoms with Crippen LogP contribution in [0.4, 0.5) is 11.5 Å². The third-order valence-electron chi connectivity index (χ3n) is 8.05. The van der Waals surface area contributed by atoms with Crippen molar-refractivity contribution in [3.05, 3.63) is 72.1 Å². The molecular formula is C36H55N19O4. The molecule has 1 aliphatic rings. The van der Waals surface area contributed by atoms with Gasteiger partial charge in [-0.2, -0.15) is 14.7 Å². The highest BCUT2D eigenvalue weighted by molar-refractivity contribution is 5.92. The normalized spacial score (nSPS) is 12.9. The molecule has 0 bridgehead atoms. The number of amides is 3. The molecule has 7 rings (SSSR count). The molecule has 6 aromatic rings. The molecule has 0 spiro atoms. The Hall–Kier alpha value is -6.91. The maximum Gasteiger partial charge on any atom is 0.288 e. The van der Waals surface area contributed by atoms with Gasteiger partial charge < -0.3 is 32.6 Å². The molecule has 9 N–H and O–H groups in total. The van der Waals surface area contributed by atoms with Crippen LogP contribution in [0.1, 0.15) is 155 Å². The summed E-state index contributed by atoms with van der Waals surface area (Å²) in [7, 11) is 0. The zero-order valence-electron chi connectivity index (χ0n) is 35.0. The van der Waals surface area contributed by atoms with Crippen LogP contribution in [0.5, 0.6) is 0 Å². The number of aliphatic hydroxyl groups is 1. The first-order valence-electron chi connectivity index (χ1n) is 18.7. The molecule has 0 saturated heterocycles. The van der Waals surface area contributed by atoms with Crippen LogP contribution >= 0.6 is 0 Å². The largest absolute Gasteiger partial charge is 0.396 e. The number of nitrogens with zero attached hydrogens (tertiary/aromatic N) is 15. The van der Waals surface area contributed by atoms with Crippen LogP contribution in [0.3, 0.4) is 0 Å². The fraction of sp³-hybridized carbons (Fsp3) is 0.472. The van der Waals surface area contributed by atoms with Crippen LogP contribution in [0.15, 0.2) is 48.5 Å². The van der Waals surface area contributed by atoms with Crippen LogP contribution in [-0.4, -0.2) is 97.9 Å². The number of hydrogen-bond acceptors (Lipinski definition) is 15. The fourth-order valence-corrected chi connectivity index (χ4v) is 4.69. The fourth-order valence-electron chi connectivity index (χ4n) is 4.69. The van der Waals surface area contributed by atoms with Gasteiger partial charge in [0.05, 0.1) is 36.2 Å². The molecule has 0 aromatic carbocycles. The van der Waals surface area contributed by atoms with E-state index in [0.29, 0.717) is 41.0 Å². The van der Waals surface area contributed by atoms with Gasteiger partial charge in [0.15, 0.2) is 17.3 Å². The van der Waals surface area contributed by atoms with Gasteiger partial charge >= 0.3 is 0 Å². The molecule has 7 heterocycles. The van der Waals surface area contributed by atoms with Crippen molar-refractivity contribution in [2.24, 2.45) is 22.2 Å². The van der Waals surface area contributed by atoms with E-state index in [4.69, 9.17) is 22.9 Å². The Balaban J connectivity index is 0.000000198. The summed E-state index contributed by atoms with van der Waals surface area (Å²) in [5, 5.41) is 36.8. The van der Waals surface area contributed by atoms with E-state index in [9.17, 15) is 19.5 Å². The van der Waals surface area contributed by atoms with Gasteiger partial charge in [0.1, 0.15) is 18.1 Å². The Morgan fingerprint density at radius 3 is 1.88 bits per heavy atom. The van der Waals surface area contributed by atoms with Gasteiger partial charge in [-0.05, 0) is 61.5 Å². The second kappa shape index (κ2) is 21.0. The second-order valence-corrected chi connectivity index (χ2v) is 14.5. The number of aliphatic hydroxyl groups excluding tert-OH is 1. The van der Waals surface area contributed by atoms with Gasteiger partial charge in [-0.25, -0.2) is 24.3 Å². The van der Waals surface area contributed by atoms with E-state index in [-0.39, 0.29) is 29.6 Å². The molecule has 59 heavy (non-hydrogen) atoms. The Labute approximate surface area is 340 Å². The topological polar surface area (TPSA) is 328 Å². The number of aliphatic imine (C=N–C) groups is 1. The lowest BCUT2D eigenvalue weighted by molar-refractivity contribution is 0.0983. The molecule has 0 fully saturated rings. The summed E-state index contributed by atoms with van der Waals surface area (Å²) in [5.41, 5.74) is 23.3. The zero-order chi connectivity index (χ0) is 44.1. The van der Waals surface area contributed by atoms with Crippen molar-refractivity contribution in [2.75, 3.05) is 5.73 Å². The highest BCUT2D eigenvalue weighted by Gasteiger charge is 2.21. The quantitative estimate of drug-likeness (QED) is 0.148. The van der Waals surface area contributed by atoms with Crippen molar-refractivity contribution < 1.29 is 19.5 Å². The van der Waals surface area contributed by atoms with Crippen LogP contribution in [0, 0.1) is 0 Å². The maximum absolute atomic E-state index is 10.6. The molecule has 1 unspecified atom stereocenters. The number of fused-ring (bicyclic) bond motifs is 2. The number of hydrogen-bond donors (Lipinski definition) is 5. The summed E-state index contributed by atoms with van der Waals surface area (Å²) < 4.78 is 8.51. The number of anilines is 1. The Morgan fingerprint density at radius 1 is 0.763 bits per heavy atom. The maximum atomic E-state index is 10.6. The van der Waals surface area contributed by atoms with Crippen molar-refractivity contribution in [1.29, 1.82) is 0 Å². The first kappa shape index (κ1) is 46.5. The number of aromatic nitrogens is 14. The van der Waals surface area contributed by atoms with Gasteiger partial charge in [0.25, 0.3) is 17.7 Å². The van der Waals surface area contributed by atoms with Crippen LogP contribution in [0.2, 0.25) is 0 Å². The minimum absolute atomic E-state index is 0.0682. The lowest BCUT2D eigenvalue weighted by atomic mass is 10.1. The third kappa shape index (κ3) is 12.8. The average molecular weight is 818 g/mol. The van der Waals surface area contributed by atoms with E-state index in [1.54, 1.807) is 49.6 Å². The number of primary amides is 3. The summed E-state index contributed by atoms with van der Waals surface area (Å²) >= 11 is 0. The van der Waals surface area contributed by atoms with Gasteiger partial charge in [-0.3, -0.25) is 19.1 Å². The van der Waals surface area contributed by atoms with Gasteiger partial charge in [-0.1, -0.05) is 19.1 Å². The average Bonchev–Trinajstić information content (AvgIpc) is 4.02. The minimum Gasteiger partial charge on any atom is -0.396 e. The molecule has 0 aliphatic carbocycles. The summed E-state index contributed by atoms with van der Waals surface area (Å²) in [6.07, 6.45) is 11.4. The second-order valence-electron chi connectivity index (χ2n) is 14.5. The van der Waals surface area contributed by atoms with E-state index in [1.165, 1.54) is 18.7 Å². The molecule has 3 amide bonds. The number of rotatable bonds is 8. The highest BCUT2D eigenvalue weighted by Crippen LogP contribution is 2.31. The van der Waals surface area contributed by atoms with Crippen LogP contribution in [-0.2, 0) is 0 Å². The van der Waals surface area contributed by atoms with Crippen molar-refractivity contribution in [3.63, 3.8) is 0 Å². The van der Waals surface area contributed by atoms with Crippen molar-refractivity contribution in [1.82, 2.24) is 68.9 Å². The molecule has 318 valence electrons. The molecular weight excluding hydrogens is 763 g/mol. The lowest BCUT2D eigenvalue weighted by Gasteiger charge is -2.14. The van der Waals surface area contributed by atoms with Crippen molar-refractivity contribution in [3.8, 4) is 0 Å². The highest BCUT2D eigenvalue weighted by atomic mass is 16.3. The lowest BCUT2D eigenvalue weighted by Crippen LogP contribution is -2.14. The molecule has 6 aromatic heterocycles. The molecule has 1 atom stereocenters. The number of carbonyl (C=O) groups excluding carboxylic acids is 3. The smallest absolute Gasteiger partial charge is 0.288 e. The zero-order valence-corrected chi connectivity index (χ0v) is 35.0. The minimum atomic E-state index is -0.593. The van der Waals surface area contributed by atoms with E-state index >= 15 is 0 Å². The molecule has 23 heteroatoms. The standard InChI is InChI=1S/C9H13N3O.C8H11N5.C7H11N3O.2C6H10N4O/c1-6(2)12-5-11-8-7(13)3-4-10-9(8)12;1-5(2)7-11-12-8-6(9)3-4-10-13(7)8;1-5(2)10-4-6(3-9-10)7(8)11;1-4(2)10-3-8-6(9-10)5(7)11;1-4(2)10-3-5(6(7)11)8-9-10/h4-7,13H,3H2,1-2H3;3-5H,9H2,1-2H3;3-5H,1-2H3,(H2,8,11);2*3-4H,1-2H3,(H2,7,11). The number of imidazole rings is 1. The number of nitrogen functional groups attached to an aromatic ring is 1. The van der Waals surface area contributed by atoms with Gasteiger partial charge in [0.2, 0.25) is 11.5 Å². The predicted octanol–water partition coefficient (Wildman–Crippen LogP) is 2.91. The first-order chi connectivity index (χ1) is 27.7. The molecule has 0 radical (unpaired) electrons. The predicted molar refractivity (Wildman–Crippen MR) is 219 cm³/mol. The SMILES string of the molecule is CC(C)c1nnc2c(N)ccnn12.CC(C)n1cc(C(N)=O)cn1.CC(C)n1cc(C(N)=O)nn1.CC(C)n1cnc(C(N)=O)n1.CC(C)n1cnc2c1N=CCC2O. The van der Waals surface area contributed by atoms with Crippen LogP contribution < -0.4 is 22.9 Å². The van der Waals surface area contributed by atoms with Gasteiger partial charge in [-0.15, -0.1) is 20.4 Å². The van der Waals surface area contributed by atoms with E-state index in [0.717, 1.165) is 11.6 Å². The van der Waals surface area contributed by atoms with E-state index in [2.05, 4.69) is 64.6 Å². The number of nitrogens with two attached hydrogens (primary N) is 4. The summed E-state index contributed by atoms with van der Waals surface area (Å²) in [4.78, 5) is 43.8. The summed E-state index contributed by atoms with van der Waals surface area (Å²) in [6.45, 7) is 20.0. The van der Waals surface area contributed by atoms with Crippen molar-refractivity contribution >= 4 is 41.1 Å². The third-order valence-corrected chi connectivity index (χ3v) is 8.05. The Kier molecular flexibility index (Phi) is 16.6. The Bertz CT molecular complexity index is 2170. The first-order valence-corrected chi connectivity index (χ1v) is 18.7. The van der Waals surface area contributed by atoms with E-state index < -0.39 is 23.8 Å².